The summed E-state index contributed by atoms with van der Waals surface area (Å²) in [6, 6.07) is 8.47. The van der Waals surface area contributed by atoms with E-state index < -0.39 is 0 Å². The van der Waals surface area contributed by atoms with Crippen molar-refractivity contribution in [2.24, 2.45) is 5.92 Å². The van der Waals surface area contributed by atoms with E-state index >= 15 is 0 Å². The summed E-state index contributed by atoms with van der Waals surface area (Å²) in [4.78, 5) is 10.6. The van der Waals surface area contributed by atoms with Crippen molar-refractivity contribution in [1.82, 2.24) is 0 Å². The molecule has 1 saturated heterocycles. The van der Waals surface area contributed by atoms with Gasteiger partial charge in [-0.05, 0) is 64.9 Å². The summed E-state index contributed by atoms with van der Waals surface area (Å²) >= 11 is 0. The van der Waals surface area contributed by atoms with Crippen LogP contribution in [0, 0.1) is 5.92 Å². The average Bonchev–Trinajstić information content (AvgIpc) is 3.36. The lowest BCUT2D eigenvalue weighted by atomic mass is 9.79. The Kier molecular flexibility index (Phi) is 6.33. The van der Waals surface area contributed by atoms with Gasteiger partial charge in [0.1, 0.15) is 0 Å². The van der Waals surface area contributed by atoms with Crippen LogP contribution in [0.15, 0.2) is 24.3 Å². The number of rotatable bonds is 4. The third kappa shape index (κ3) is 5.08. The summed E-state index contributed by atoms with van der Waals surface area (Å²) in [6.07, 6.45) is 3.14. The van der Waals surface area contributed by atoms with E-state index in [1.165, 1.54) is 5.56 Å². The lowest BCUT2D eigenvalue weighted by Crippen LogP contribution is -2.41. The Balaban J connectivity index is 0.000000236. The molecule has 25 heavy (non-hydrogen) atoms. The standard InChI is InChI=1S/C14H21BO2.C6H10O2/c1-6-11-7-9-12(10-8-11)15-16-13(2,3)14(4,5)17-15;1-2-8-6(7)5-3-4-5/h7-10H,6H2,1-5H3;5H,2-4H2,1H3. The van der Waals surface area contributed by atoms with Crippen LogP contribution < -0.4 is 5.46 Å². The fraction of sp³-hybridized carbons (Fsp3) is 0.650. The van der Waals surface area contributed by atoms with Crippen LogP contribution in [0.25, 0.3) is 0 Å². The van der Waals surface area contributed by atoms with E-state index in [2.05, 4.69) is 58.9 Å². The Labute approximate surface area is 152 Å². The van der Waals surface area contributed by atoms with Crippen molar-refractivity contribution in [1.29, 1.82) is 0 Å². The van der Waals surface area contributed by atoms with Gasteiger partial charge in [-0.25, -0.2) is 0 Å². The summed E-state index contributed by atoms with van der Waals surface area (Å²) in [5.41, 5.74) is 1.91. The van der Waals surface area contributed by atoms with Crippen LogP contribution in [-0.4, -0.2) is 30.9 Å². The first-order valence-corrected chi connectivity index (χ1v) is 9.31. The van der Waals surface area contributed by atoms with Crippen LogP contribution >= 0.6 is 0 Å². The average molecular weight is 346 g/mol. The SMILES string of the molecule is CCOC(=O)C1CC1.CCc1ccc(B2OC(C)(C)C(C)(C)O2)cc1. The molecule has 0 atom stereocenters. The van der Waals surface area contributed by atoms with E-state index in [1.54, 1.807) is 0 Å². The van der Waals surface area contributed by atoms with Gasteiger partial charge in [0.25, 0.3) is 0 Å². The van der Waals surface area contributed by atoms with Crippen molar-refractivity contribution in [3.05, 3.63) is 29.8 Å². The maximum atomic E-state index is 10.6. The van der Waals surface area contributed by atoms with E-state index in [4.69, 9.17) is 14.0 Å². The first-order valence-electron chi connectivity index (χ1n) is 9.31. The van der Waals surface area contributed by atoms with Crippen molar-refractivity contribution in [3.63, 3.8) is 0 Å². The Bertz CT molecular complexity index is 560. The van der Waals surface area contributed by atoms with Crippen molar-refractivity contribution in [2.45, 2.75) is 72.0 Å². The van der Waals surface area contributed by atoms with E-state index in [0.29, 0.717) is 6.61 Å². The fourth-order valence-electron chi connectivity index (χ4n) is 2.47. The van der Waals surface area contributed by atoms with Crippen molar-refractivity contribution in [3.8, 4) is 0 Å². The van der Waals surface area contributed by atoms with Crippen molar-refractivity contribution < 1.29 is 18.8 Å². The topological polar surface area (TPSA) is 44.8 Å². The lowest BCUT2D eigenvalue weighted by molar-refractivity contribution is -0.144. The molecule has 138 valence electrons. The van der Waals surface area contributed by atoms with Gasteiger partial charge in [-0.15, -0.1) is 0 Å². The second kappa shape index (κ2) is 7.92. The van der Waals surface area contributed by atoms with Gasteiger partial charge in [-0.1, -0.05) is 31.2 Å². The molecule has 4 nitrogen and oxygen atoms in total. The van der Waals surface area contributed by atoms with Gasteiger partial charge in [0, 0.05) is 0 Å². The van der Waals surface area contributed by atoms with Gasteiger partial charge in [0.15, 0.2) is 0 Å². The molecule has 5 heteroatoms. The molecule has 0 bridgehead atoms. The van der Waals surface area contributed by atoms with Crippen LogP contribution in [0.1, 0.15) is 59.9 Å². The van der Waals surface area contributed by atoms with Gasteiger partial charge < -0.3 is 14.0 Å². The molecule has 1 aromatic carbocycles. The zero-order chi connectivity index (χ0) is 18.7. The smallest absolute Gasteiger partial charge is 0.466 e. The maximum Gasteiger partial charge on any atom is 0.494 e. The molecule has 3 rings (SSSR count). The molecular weight excluding hydrogens is 315 g/mol. The number of esters is 1. The Morgan fingerprint density at radius 3 is 2.00 bits per heavy atom. The molecule has 0 unspecified atom stereocenters. The summed E-state index contributed by atoms with van der Waals surface area (Å²) < 4.78 is 16.7. The van der Waals surface area contributed by atoms with E-state index in [-0.39, 0.29) is 30.2 Å². The molecule has 2 aliphatic rings. The Morgan fingerprint density at radius 2 is 1.60 bits per heavy atom. The summed E-state index contributed by atoms with van der Waals surface area (Å²) in [7, 11) is -0.245. The molecule has 1 aliphatic heterocycles. The highest BCUT2D eigenvalue weighted by Gasteiger charge is 2.51. The number of aryl methyl sites for hydroxylation is 1. The minimum atomic E-state index is -0.263. The molecule has 1 heterocycles. The van der Waals surface area contributed by atoms with Gasteiger partial charge in [-0.2, -0.15) is 0 Å². The van der Waals surface area contributed by atoms with Crippen molar-refractivity contribution >= 4 is 18.6 Å². The lowest BCUT2D eigenvalue weighted by Gasteiger charge is -2.32. The molecule has 0 aromatic heterocycles. The maximum absolute atomic E-state index is 10.6. The third-order valence-electron chi connectivity index (χ3n) is 5.11. The molecule has 1 saturated carbocycles. The van der Waals surface area contributed by atoms with Crippen LogP contribution in [0.5, 0.6) is 0 Å². The van der Waals surface area contributed by atoms with Crippen molar-refractivity contribution in [2.75, 3.05) is 6.61 Å². The zero-order valence-corrected chi connectivity index (χ0v) is 16.4. The molecular formula is C20H31BO4. The van der Waals surface area contributed by atoms with Gasteiger partial charge in [0.05, 0.1) is 23.7 Å². The van der Waals surface area contributed by atoms with Gasteiger partial charge >= 0.3 is 13.1 Å². The van der Waals surface area contributed by atoms with Crippen LogP contribution in [0.3, 0.4) is 0 Å². The number of hydrogen-bond donors (Lipinski definition) is 0. The normalized spacial score (nSPS) is 20.6. The van der Waals surface area contributed by atoms with Gasteiger partial charge in [0.2, 0.25) is 0 Å². The molecule has 0 radical (unpaired) electrons. The minimum Gasteiger partial charge on any atom is -0.466 e. The Hall–Kier alpha value is -1.33. The molecule has 1 aliphatic carbocycles. The number of benzene rings is 1. The van der Waals surface area contributed by atoms with Crippen LogP contribution in [0.2, 0.25) is 0 Å². The molecule has 2 fully saturated rings. The molecule has 0 spiro atoms. The number of carbonyl (C=O) groups is 1. The summed E-state index contributed by atoms with van der Waals surface area (Å²) in [6.45, 7) is 12.8. The third-order valence-corrected chi connectivity index (χ3v) is 5.11. The van der Waals surface area contributed by atoms with Crippen LogP contribution in [-0.2, 0) is 25.3 Å². The van der Waals surface area contributed by atoms with Gasteiger partial charge in [-0.3, -0.25) is 4.79 Å². The largest absolute Gasteiger partial charge is 0.494 e. The second-order valence-electron chi connectivity index (χ2n) is 7.71. The van der Waals surface area contributed by atoms with Crippen LogP contribution in [0.4, 0.5) is 0 Å². The zero-order valence-electron chi connectivity index (χ0n) is 16.4. The Morgan fingerprint density at radius 1 is 1.08 bits per heavy atom. The molecule has 1 aromatic rings. The predicted molar refractivity (Wildman–Crippen MR) is 101 cm³/mol. The summed E-state index contributed by atoms with van der Waals surface area (Å²) in [5, 5.41) is 0. The van der Waals surface area contributed by atoms with E-state index in [1.807, 2.05) is 6.92 Å². The second-order valence-corrected chi connectivity index (χ2v) is 7.71. The fourth-order valence-corrected chi connectivity index (χ4v) is 2.47. The van der Waals surface area contributed by atoms with E-state index in [9.17, 15) is 4.79 Å². The highest BCUT2D eigenvalue weighted by Crippen LogP contribution is 2.36. The number of ether oxygens (including phenoxy) is 1. The molecule has 0 amide bonds. The quantitative estimate of drug-likeness (QED) is 0.618. The minimum absolute atomic E-state index is 0.00694. The highest BCUT2D eigenvalue weighted by molar-refractivity contribution is 6.62. The summed E-state index contributed by atoms with van der Waals surface area (Å²) in [5.74, 6) is 0.252. The monoisotopic (exact) mass is 346 g/mol. The predicted octanol–water partition coefficient (Wildman–Crippen LogP) is 3.51. The van der Waals surface area contributed by atoms with E-state index in [0.717, 1.165) is 24.7 Å². The number of hydrogen-bond acceptors (Lipinski definition) is 4. The number of carbonyl (C=O) groups excluding carboxylic acids is 1. The first kappa shape index (κ1) is 20.0. The first-order chi connectivity index (χ1) is 11.7. The highest BCUT2D eigenvalue weighted by atomic mass is 16.7. The molecule has 0 N–H and O–H groups in total.